The number of alkyl halides is 3. The number of fused-ring (bicyclic) bond motifs is 2. The molecule has 0 amide bonds. The molecule has 0 radical (unpaired) electrons. The number of rotatable bonds is 8. The first kappa shape index (κ1) is 32.0. The Morgan fingerprint density at radius 3 is 2.38 bits per heavy atom. The molecule has 3 aromatic heterocycles. The molecule has 1 saturated heterocycles. The van der Waals surface area contributed by atoms with Crippen LogP contribution in [0.3, 0.4) is 0 Å². The van der Waals surface area contributed by atoms with Gasteiger partial charge in [-0.15, -0.1) is 35.0 Å². The van der Waals surface area contributed by atoms with Crippen molar-refractivity contribution in [3.8, 4) is 11.5 Å². The molecule has 4 aromatic rings. The Balaban J connectivity index is 0.00000220. The van der Waals surface area contributed by atoms with Crippen LogP contribution in [0.1, 0.15) is 30.5 Å². The number of nitrogens with zero attached hydrogens (tertiary/aromatic N) is 5. The summed E-state index contributed by atoms with van der Waals surface area (Å²) >= 11 is 0. The Labute approximate surface area is 242 Å². The number of ether oxygens (including phenoxy) is 2. The van der Waals surface area contributed by atoms with Gasteiger partial charge in [-0.2, -0.15) is 13.2 Å². The highest BCUT2D eigenvalue weighted by atomic mass is 35.5. The van der Waals surface area contributed by atoms with Crippen molar-refractivity contribution in [2.24, 2.45) is 5.73 Å². The van der Waals surface area contributed by atoms with Crippen molar-refractivity contribution >= 4 is 41.4 Å². The fourth-order valence-electron chi connectivity index (χ4n) is 5.49. The van der Waals surface area contributed by atoms with Gasteiger partial charge >= 0.3 is 6.18 Å². The van der Waals surface area contributed by atoms with Crippen LogP contribution in [0.4, 0.5) is 13.2 Å². The molecule has 13 heteroatoms. The quantitative estimate of drug-likeness (QED) is 0.305. The number of hydrogen-bond acceptors (Lipinski definition) is 7. The monoisotopic (exact) mass is 600 g/mol. The number of benzene rings is 1. The third-order valence-corrected chi connectivity index (χ3v) is 7.20. The Hall–Kier alpha value is -2.54. The molecule has 0 bridgehead atoms. The minimum Gasteiger partial charge on any atom is -0.384 e. The molecule has 1 aromatic carbocycles. The number of halogens is 5. The second-order valence-electron chi connectivity index (χ2n) is 10.2. The zero-order valence-electron chi connectivity index (χ0n) is 22.4. The molecule has 2 atom stereocenters. The van der Waals surface area contributed by atoms with Crippen LogP contribution in [-0.2, 0) is 14.9 Å². The zero-order valence-corrected chi connectivity index (χ0v) is 24.0. The molecule has 0 aliphatic carbocycles. The minimum absolute atomic E-state index is 0. The van der Waals surface area contributed by atoms with E-state index in [1.54, 1.807) is 30.8 Å². The largest absolute Gasteiger partial charge is 0.408 e. The number of pyridine rings is 2. The Bertz CT molecular complexity index is 1450. The normalized spacial score (nSPS) is 17.1. The van der Waals surface area contributed by atoms with Gasteiger partial charge in [0.2, 0.25) is 0 Å². The SMILES string of the molecule is COCC(C)(COC)c1cccc2ccc(-c3nnc4ccc([C@@H](N5CC[C@H](N)C5)C(F)(F)F)cn34)nc12.Cl.Cl. The van der Waals surface area contributed by atoms with Crippen molar-refractivity contribution in [1.29, 1.82) is 0 Å². The molecule has 5 rings (SSSR count). The first-order valence-electron chi connectivity index (χ1n) is 12.4. The standard InChI is InChI=1S/C27H31F3N6O2.2ClH/c1-26(15-37-2,16-38-3)20-6-4-5-17-7-9-21(32-23(17)20)25-34-33-22-10-8-18(13-36(22)25)24(27(28,29)30)35-12-11-19(31)14-35;;/h4-10,13,19,24H,11-12,14-16,31H2,1-3H3;2*1H/t19-,24+;;/m0../s1. The third-order valence-electron chi connectivity index (χ3n) is 7.20. The summed E-state index contributed by atoms with van der Waals surface area (Å²) in [5, 5.41) is 9.41. The van der Waals surface area contributed by atoms with Gasteiger partial charge in [0.1, 0.15) is 11.7 Å². The lowest BCUT2D eigenvalue weighted by Gasteiger charge is -2.30. The summed E-state index contributed by atoms with van der Waals surface area (Å²) < 4.78 is 55.3. The molecule has 218 valence electrons. The number of hydrogen-bond donors (Lipinski definition) is 1. The second-order valence-corrected chi connectivity index (χ2v) is 10.2. The van der Waals surface area contributed by atoms with E-state index in [-0.39, 0.29) is 49.5 Å². The van der Waals surface area contributed by atoms with Crippen molar-refractivity contribution in [3.05, 3.63) is 59.8 Å². The Kier molecular flexibility index (Phi) is 10.0. The summed E-state index contributed by atoms with van der Waals surface area (Å²) in [7, 11) is 3.28. The maximum absolute atomic E-state index is 14.2. The summed E-state index contributed by atoms with van der Waals surface area (Å²) in [5.41, 5.74) is 8.18. The van der Waals surface area contributed by atoms with E-state index in [9.17, 15) is 13.2 Å². The second kappa shape index (κ2) is 12.5. The van der Waals surface area contributed by atoms with Crippen LogP contribution in [0.15, 0.2) is 48.7 Å². The van der Waals surface area contributed by atoms with Crippen LogP contribution < -0.4 is 5.73 Å². The predicted octanol–water partition coefficient (Wildman–Crippen LogP) is 4.98. The fraction of sp³-hybridized carbons (Fsp3) is 0.444. The summed E-state index contributed by atoms with van der Waals surface area (Å²) in [6.45, 7) is 3.36. The average Bonchev–Trinajstić information content (AvgIpc) is 3.48. The van der Waals surface area contributed by atoms with Gasteiger partial charge < -0.3 is 15.2 Å². The maximum atomic E-state index is 14.2. The summed E-state index contributed by atoms with van der Waals surface area (Å²) in [4.78, 5) is 6.32. The van der Waals surface area contributed by atoms with Gasteiger partial charge in [-0.25, -0.2) is 4.98 Å². The minimum atomic E-state index is -4.46. The predicted molar refractivity (Wildman–Crippen MR) is 152 cm³/mol. The van der Waals surface area contributed by atoms with Crippen LogP contribution >= 0.6 is 24.8 Å². The molecule has 1 aliphatic heterocycles. The number of likely N-dealkylation sites (tertiary alicyclic amines) is 1. The van der Waals surface area contributed by atoms with Crippen molar-refractivity contribution in [2.75, 3.05) is 40.5 Å². The van der Waals surface area contributed by atoms with E-state index in [1.807, 2.05) is 31.2 Å². The van der Waals surface area contributed by atoms with Crippen LogP contribution in [-0.4, -0.2) is 77.2 Å². The topological polar surface area (TPSA) is 90.8 Å². The van der Waals surface area contributed by atoms with Gasteiger partial charge in [-0.05, 0) is 29.7 Å². The van der Waals surface area contributed by atoms with E-state index in [0.717, 1.165) is 16.5 Å². The highest BCUT2D eigenvalue weighted by Gasteiger charge is 2.46. The zero-order chi connectivity index (χ0) is 27.1. The lowest BCUT2D eigenvalue weighted by molar-refractivity contribution is -0.183. The molecular formula is C27H33Cl2F3N6O2. The first-order valence-corrected chi connectivity index (χ1v) is 12.4. The maximum Gasteiger partial charge on any atom is 0.408 e. The number of nitrogens with two attached hydrogens (primary N) is 1. The van der Waals surface area contributed by atoms with E-state index in [4.69, 9.17) is 20.2 Å². The molecule has 0 spiro atoms. The molecule has 8 nitrogen and oxygen atoms in total. The van der Waals surface area contributed by atoms with Gasteiger partial charge in [0.05, 0.1) is 18.7 Å². The smallest absolute Gasteiger partial charge is 0.384 e. The van der Waals surface area contributed by atoms with E-state index < -0.39 is 17.6 Å². The Morgan fingerprint density at radius 1 is 1.02 bits per heavy atom. The molecular weight excluding hydrogens is 568 g/mol. The number of para-hydroxylation sites is 1. The van der Waals surface area contributed by atoms with Gasteiger partial charge in [0.15, 0.2) is 11.5 Å². The Morgan fingerprint density at radius 2 is 1.75 bits per heavy atom. The van der Waals surface area contributed by atoms with Crippen LogP contribution in [0.2, 0.25) is 0 Å². The molecule has 0 unspecified atom stereocenters. The van der Waals surface area contributed by atoms with Crippen molar-refractivity contribution in [1.82, 2.24) is 24.5 Å². The highest BCUT2D eigenvalue weighted by molar-refractivity contribution is 5.86. The molecule has 1 fully saturated rings. The molecule has 0 saturated carbocycles. The van der Waals surface area contributed by atoms with Crippen LogP contribution in [0.5, 0.6) is 0 Å². The molecule has 1 aliphatic rings. The lowest BCUT2D eigenvalue weighted by atomic mass is 9.82. The summed E-state index contributed by atoms with van der Waals surface area (Å²) in [6, 6.07) is 10.6. The third kappa shape index (κ3) is 6.05. The number of aromatic nitrogens is 4. The van der Waals surface area contributed by atoms with Crippen molar-refractivity contribution < 1.29 is 22.6 Å². The molecule has 40 heavy (non-hydrogen) atoms. The van der Waals surface area contributed by atoms with Crippen molar-refractivity contribution in [2.45, 2.75) is 37.0 Å². The van der Waals surface area contributed by atoms with Gasteiger partial charge in [0, 0.05) is 50.3 Å². The van der Waals surface area contributed by atoms with E-state index in [2.05, 4.69) is 10.2 Å². The van der Waals surface area contributed by atoms with Gasteiger partial charge in [-0.1, -0.05) is 37.3 Å². The van der Waals surface area contributed by atoms with E-state index in [1.165, 1.54) is 17.2 Å². The van der Waals surface area contributed by atoms with E-state index in [0.29, 0.717) is 36.8 Å². The highest BCUT2D eigenvalue weighted by Crippen LogP contribution is 2.40. The van der Waals surface area contributed by atoms with Crippen LogP contribution in [0.25, 0.3) is 28.1 Å². The average molecular weight is 602 g/mol. The number of methoxy groups -OCH3 is 2. The van der Waals surface area contributed by atoms with Gasteiger partial charge in [0.25, 0.3) is 0 Å². The van der Waals surface area contributed by atoms with Crippen LogP contribution in [0, 0.1) is 0 Å². The van der Waals surface area contributed by atoms with Gasteiger partial charge in [-0.3, -0.25) is 9.30 Å². The van der Waals surface area contributed by atoms with E-state index >= 15 is 0 Å². The first-order chi connectivity index (χ1) is 18.1. The molecule has 4 heterocycles. The van der Waals surface area contributed by atoms with Crippen molar-refractivity contribution in [3.63, 3.8) is 0 Å². The fourth-order valence-corrected chi connectivity index (χ4v) is 5.49. The summed E-state index contributed by atoms with van der Waals surface area (Å²) in [6.07, 6.45) is -2.47. The molecule has 2 N–H and O–H groups in total. The summed E-state index contributed by atoms with van der Waals surface area (Å²) in [5.74, 6) is 0.359. The lowest BCUT2D eigenvalue weighted by Crippen LogP contribution is -2.38.